The van der Waals surface area contributed by atoms with Crippen LogP contribution in [0.1, 0.15) is 24.8 Å². The number of hydrogen-bond acceptors (Lipinski definition) is 4. The van der Waals surface area contributed by atoms with E-state index >= 15 is 0 Å². The summed E-state index contributed by atoms with van der Waals surface area (Å²) in [5.74, 6) is 0. The Morgan fingerprint density at radius 1 is 0.643 bits per heavy atom. The number of pyridine rings is 1. The van der Waals surface area contributed by atoms with Gasteiger partial charge in [0.25, 0.3) is 0 Å². The lowest BCUT2D eigenvalue weighted by Gasteiger charge is -2.29. The lowest BCUT2D eigenvalue weighted by Crippen LogP contribution is -2.29. The molecule has 1 saturated heterocycles. The minimum absolute atomic E-state index is 0.514. The van der Waals surface area contributed by atoms with Gasteiger partial charge in [-0.25, -0.2) is 9.67 Å². The monoisotopic (exact) mass is 565 g/mol. The standard InChI is InChI=1S/C36H28ClN5/c37-28-18-14-27(15-19-28)34-31(24-38)32(25-16-20-29(21-17-25)41-22-8-3-9-23-41)33-35(26-10-4-1-5-11-26)40-42(36(33)39-34)30-12-6-2-7-13-30/h1-2,4-7,10-21H,3,8-9,22-23H2. The summed E-state index contributed by atoms with van der Waals surface area (Å²) in [5.41, 5.74) is 8.29. The Hall–Kier alpha value is -4.92. The van der Waals surface area contributed by atoms with Crippen LogP contribution in [0.4, 0.5) is 5.69 Å². The van der Waals surface area contributed by atoms with Crippen LogP contribution < -0.4 is 4.90 Å². The van der Waals surface area contributed by atoms with E-state index in [4.69, 9.17) is 21.7 Å². The zero-order chi connectivity index (χ0) is 28.5. The fraction of sp³-hybridized carbons (Fsp3) is 0.139. The summed E-state index contributed by atoms with van der Waals surface area (Å²) in [5, 5.41) is 17.4. The van der Waals surface area contributed by atoms with Crippen molar-refractivity contribution in [2.45, 2.75) is 19.3 Å². The van der Waals surface area contributed by atoms with E-state index in [1.807, 2.05) is 77.5 Å². The molecule has 0 atom stereocenters. The van der Waals surface area contributed by atoms with E-state index in [2.05, 4.69) is 47.4 Å². The van der Waals surface area contributed by atoms with Crippen molar-refractivity contribution in [2.75, 3.05) is 18.0 Å². The van der Waals surface area contributed by atoms with Crippen molar-refractivity contribution >= 4 is 28.3 Å². The van der Waals surface area contributed by atoms with Gasteiger partial charge in [-0.15, -0.1) is 0 Å². The second kappa shape index (κ2) is 11.2. The van der Waals surface area contributed by atoms with Gasteiger partial charge in [0.1, 0.15) is 11.8 Å². The van der Waals surface area contributed by atoms with Gasteiger partial charge >= 0.3 is 0 Å². The Morgan fingerprint density at radius 2 is 1.26 bits per heavy atom. The van der Waals surface area contributed by atoms with Crippen LogP contribution in [0.2, 0.25) is 5.02 Å². The number of halogens is 1. The van der Waals surface area contributed by atoms with Crippen LogP contribution in [0.3, 0.4) is 0 Å². The molecule has 5 nitrogen and oxygen atoms in total. The molecule has 0 N–H and O–H groups in total. The molecule has 4 aromatic carbocycles. The molecule has 3 heterocycles. The van der Waals surface area contributed by atoms with Gasteiger partial charge in [0.15, 0.2) is 5.65 Å². The van der Waals surface area contributed by atoms with Gasteiger partial charge in [0, 0.05) is 40.5 Å². The molecule has 1 fully saturated rings. The van der Waals surface area contributed by atoms with E-state index in [0.29, 0.717) is 21.9 Å². The van der Waals surface area contributed by atoms with Crippen molar-refractivity contribution in [3.8, 4) is 45.4 Å². The van der Waals surface area contributed by atoms with Crippen molar-refractivity contribution in [1.82, 2.24) is 14.8 Å². The van der Waals surface area contributed by atoms with Gasteiger partial charge in [0.2, 0.25) is 0 Å². The van der Waals surface area contributed by atoms with Crippen molar-refractivity contribution in [1.29, 1.82) is 5.26 Å². The van der Waals surface area contributed by atoms with E-state index in [0.717, 1.165) is 52.1 Å². The van der Waals surface area contributed by atoms with Gasteiger partial charge in [-0.2, -0.15) is 10.4 Å². The van der Waals surface area contributed by atoms with Gasteiger partial charge in [0.05, 0.1) is 22.3 Å². The highest BCUT2D eigenvalue weighted by molar-refractivity contribution is 6.30. The van der Waals surface area contributed by atoms with Crippen LogP contribution in [0, 0.1) is 11.3 Å². The maximum atomic E-state index is 10.7. The molecule has 2 aromatic heterocycles. The van der Waals surface area contributed by atoms with Crippen molar-refractivity contribution in [2.24, 2.45) is 0 Å². The molecule has 204 valence electrons. The molecular weight excluding hydrogens is 538 g/mol. The van der Waals surface area contributed by atoms with Gasteiger partial charge in [-0.1, -0.05) is 84.4 Å². The molecule has 0 radical (unpaired) electrons. The van der Waals surface area contributed by atoms with Gasteiger partial charge in [-0.3, -0.25) is 0 Å². The van der Waals surface area contributed by atoms with Crippen LogP contribution in [-0.4, -0.2) is 27.9 Å². The fourth-order valence-electron chi connectivity index (χ4n) is 5.90. The molecule has 42 heavy (non-hydrogen) atoms. The summed E-state index contributed by atoms with van der Waals surface area (Å²) >= 11 is 6.25. The molecule has 1 aliphatic rings. The quantitative estimate of drug-likeness (QED) is 0.209. The maximum Gasteiger partial charge on any atom is 0.164 e. The number of nitriles is 1. The third-order valence-electron chi connectivity index (χ3n) is 7.97. The first-order valence-electron chi connectivity index (χ1n) is 14.3. The summed E-state index contributed by atoms with van der Waals surface area (Å²) in [6.07, 6.45) is 3.72. The first-order chi connectivity index (χ1) is 20.7. The summed E-state index contributed by atoms with van der Waals surface area (Å²) in [6.45, 7) is 2.15. The number of piperidine rings is 1. The van der Waals surface area contributed by atoms with E-state index < -0.39 is 0 Å². The lowest BCUT2D eigenvalue weighted by molar-refractivity contribution is 0.578. The van der Waals surface area contributed by atoms with Gasteiger partial charge < -0.3 is 4.90 Å². The third kappa shape index (κ3) is 4.70. The Bertz CT molecular complexity index is 1900. The van der Waals surface area contributed by atoms with Crippen LogP contribution in [0.15, 0.2) is 109 Å². The number of rotatable bonds is 5. The lowest BCUT2D eigenvalue weighted by atomic mass is 9.92. The average Bonchev–Trinajstić information content (AvgIpc) is 3.45. The highest BCUT2D eigenvalue weighted by atomic mass is 35.5. The number of fused-ring (bicyclic) bond motifs is 1. The minimum atomic E-state index is 0.514. The summed E-state index contributed by atoms with van der Waals surface area (Å²) < 4.78 is 1.89. The molecule has 0 spiro atoms. The molecule has 1 aliphatic heterocycles. The van der Waals surface area contributed by atoms with E-state index in [9.17, 15) is 5.26 Å². The molecular formula is C36H28ClN5. The van der Waals surface area contributed by atoms with E-state index in [1.165, 1.54) is 24.9 Å². The van der Waals surface area contributed by atoms with Crippen molar-refractivity contribution in [3.05, 3.63) is 120 Å². The summed E-state index contributed by atoms with van der Waals surface area (Å²) in [4.78, 5) is 7.62. The fourth-order valence-corrected chi connectivity index (χ4v) is 6.03. The number of aromatic nitrogens is 3. The predicted molar refractivity (Wildman–Crippen MR) is 171 cm³/mol. The van der Waals surface area contributed by atoms with Crippen molar-refractivity contribution in [3.63, 3.8) is 0 Å². The second-order valence-corrected chi connectivity index (χ2v) is 11.0. The molecule has 0 saturated carbocycles. The Balaban J connectivity index is 1.55. The molecule has 0 unspecified atom stereocenters. The van der Waals surface area contributed by atoms with Crippen LogP contribution in [-0.2, 0) is 0 Å². The number of para-hydroxylation sites is 1. The Kier molecular flexibility index (Phi) is 6.91. The third-order valence-corrected chi connectivity index (χ3v) is 8.22. The number of hydrogen-bond donors (Lipinski definition) is 0. The van der Waals surface area contributed by atoms with Gasteiger partial charge in [-0.05, 0) is 61.2 Å². The first-order valence-corrected chi connectivity index (χ1v) is 14.7. The summed E-state index contributed by atoms with van der Waals surface area (Å²) in [7, 11) is 0. The Labute approximate surface area is 250 Å². The Morgan fingerprint density at radius 3 is 1.93 bits per heavy atom. The predicted octanol–water partition coefficient (Wildman–Crippen LogP) is 8.94. The first kappa shape index (κ1) is 26.0. The second-order valence-electron chi connectivity index (χ2n) is 10.6. The van der Waals surface area contributed by atoms with E-state index in [-0.39, 0.29) is 0 Å². The number of benzene rings is 4. The molecule has 6 aromatic rings. The number of nitrogens with zero attached hydrogens (tertiary/aromatic N) is 5. The highest BCUT2D eigenvalue weighted by Crippen LogP contribution is 2.42. The van der Waals surface area contributed by atoms with Crippen LogP contribution in [0.5, 0.6) is 0 Å². The zero-order valence-electron chi connectivity index (χ0n) is 23.0. The highest BCUT2D eigenvalue weighted by Gasteiger charge is 2.26. The smallest absolute Gasteiger partial charge is 0.164 e. The topological polar surface area (TPSA) is 57.7 Å². The minimum Gasteiger partial charge on any atom is -0.372 e. The van der Waals surface area contributed by atoms with Crippen LogP contribution >= 0.6 is 11.6 Å². The molecule has 6 heteroatoms. The van der Waals surface area contributed by atoms with Crippen molar-refractivity contribution < 1.29 is 0 Å². The molecule has 7 rings (SSSR count). The zero-order valence-corrected chi connectivity index (χ0v) is 23.8. The molecule has 0 aliphatic carbocycles. The SMILES string of the molecule is N#Cc1c(-c2ccc(Cl)cc2)nc2c(c(-c3ccccc3)nn2-c2ccccc2)c1-c1ccc(N2CCCCC2)cc1. The summed E-state index contributed by atoms with van der Waals surface area (Å²) in [6, 6.07) is 38.8. The largest absolute Gasteiger partial charge is 0.372 e. The van der Waals surface area contributed by atoms with E-state index in [1.54, 1.807) is 0 Å². The molecule has 0 amide bonds. The maximum absolute atomic E-state index is 10.7. The molecule has 0 bridgehead atoms. The average molecular weight is 566 g/mol. The van der Waals surface area contributed by atoms with Crippen LogP contribution in [0.25, 0.3) is 50.4 Å². The normalized spacial score (nSPS) is 13.3. The number of anilines is 1.